The first-order chi connectivity index (χ1) is 10.0. The summed E-state index contributed by atoms with van der Waals surface area (Å²) in [6.45, 7) is 4.22. The zero-order valence-electron chi connectivity index (χ0n) is 12.3. The minimum atomic E-state index is 0.532. The number of aryl methyl sites for hydroxylation is 2. The molecule has 3 rings (SSSR count). The van der Waals surface area contributed by atoms with E-state index >= 15 is 0 Å². The van der Waals surface area contributed by atoms with Crippen LogP contribution in [0, 0.1) is 13.8 Å². The third-order valence-electron chi connectivity index (χ3n) is 4.37. The van der Waals surface area contributed by atoms with Crippen LogP contribution in [0.3, 0.4) is 0 Å². The first-order valence-electron chi connectivity index (χ1n) is 7.32. The molecule has 0 saturated heterocycles. The van der Waals surface area contributed by atoms with Crippen LogP contribution in [0.5, 0.6) is 0 Å². The minimum Gasteiger partial charge on any atom is -0.381 e. The highest BCUT2D eigenvalue weighted by molar-refractivity contribution is 9.10. The van der Waals surface area contributed by atoms with Crippen molar-refractivity contribution in [2.45, 2.75) is 38.6 Å². The van der Waals surface area contributed by atoms with Crippen LogP contribution in [0.25, 0.3) is 0 Å². The van der Waals surface area contributed by atoms with Crippen molar-refractivity contribution >= 4 is 33.2 Å². The molecule has 110 valence electrons. The Hall–Kier alpha value is -0.990. The van der Waals surface area contributed by atoms with Gasteiger partial charge >= 0.3 is 0 Å². The van der Waals surface area contributed by atoms with Gasteiger partial charge in [-0.05, 0) is 77.4 Å². The molecule has 3 heteroatoms. The zero-order valence-corrected chi connectivity index (χ0v) is 14.6. The number of rotatable bonds is 3. The van der Waals surface area contributed by atoms with E-state index < -0.39 is 0 Å². The lowest BCUT2D eigenvalue weighted by molar-refractivity contribution is 0.373. The zero-order chi connectivity index (χ0) is 15.0. The van der Waals surface area contributed by atoms with Crippen LogP contribution in [0.1, 0.15) is 35.4 Å². The van der Waals surface area contributed by atoms with E-state index in [4.69, 9.17) is 11.6 Å². The van der Waals surface area contributed by atoms with E-state index in [0.29, 0.717) is 12.0 Å². The Labute approximate surface area is 139 Å². The summed E-state index contributed by atoms with van der Waals surface area (Å²) in [5.74, 6) is 0.684. The maximum absolute atomic E-state index is 6.21. The molecule has 21 heavy (non-hydrogen) atoms. The Balaban J connectivity index is 1.65. The largest absolute Gasteiger partial charge is 0.381 e. The van der Waals surface area contributed by atoms with E-state index in [1.165, 1.54) is 24.0 Å². The number of anilines is 1. The van der Waals surface area contributed by atoms with Crippen molar-refractivity contribution in [2.75, 3.05) is 5.32 Å². The maximum Gasteiger partial charge on any atom is 0.0501 e. The predicted octanol–water partition coefficient (Wildman–Crippen LogP) is 6.08. The van der Waals surface area contributed by atoms with Gasteiger partial charge in [0.1, 0.15) is 0 Å². The monoisotopic (exact) mass is 363 g/mol. The van der Waals surface area contributed by atoms with E-state index in [0.717, 1.165) is 20.7 Å². The number of nitrogens with one attached hydrogen (secondary N) is 1. The summed E-state index contributed by atoms with van der Waals surface area (Å²) in [7, 11) is 0. The number of hydrogen-bond acceptors (Lipinski definition) is 1. The smallest absolute Gasteiger partial charge is 0.0501 e. The second-order valence-electron chi connectivity index (χ2n) is 5.95. The van der Waals surface area contributed by atoms with E-state index in [2.05, 4.69) is 58.5 Å². The standard InChI is InChI=1S/C18H19BrClN/c1-11-5-3-4-6-15(11)13-8-14(9-13)21-18-10-17(20)12(2)7-16(18)19/h3-7,10,13-14,21H,8-9H2,1-2H3. The summed E-state index contributed by atoms with van der Waals surface area (Å²) in [6.07, 6.45) is 2.37. The summed E-state index contributed by atoms with van der Waals surface area (Å²) in [4.78, 5) is 0. The van der Waals surface area contributed by atoms with Crippen LogP contribution in [0.15, 0.2) is 40.9 Å². The van der Waals surface area contributed by atoms with Crippen LogP contribution in [0.2, 0.25) is 5.02 Å². The van der Waals surface area contributed by atoms with Crippen molar-refractivity contribution in [3.63, 3.8) is 0 Å². The molecule has 1 aliphatic rings. The van der Waals surface area contributed by atoms with Crippen LogP contribution in [-0.4, -0.2) is 6.04 Å². The fraction of sp³-hybridized carbons (Fsp3) is 0.333. The Morgan fingerprint density at radius 2 is 1.81 bits per heavy atom. The topological polar surface area (TPSA) is 12.0 Å². The van der Waals surface area contributed by atoms with Gasteiger partial charge in [-0.25, -0.2) is 0 Å². The lowest BCUT2D eigenvalue weighted by atomic mass is 9.74. The fourth-order valence-electron chi connectivity index (χ4n) is 3.01. The molecule has 2 aromatic carbocycles. The van der Waals surface area contributed by atoms with Crippen LogP contribution in [0.4, 0.5) is 5.69 Å². The average molecular weight is 365 g/mol. The van der Waals surface area contributed by atoms with Crippen molar-refractivity contribution in [1.29, 1.82) is 0 Å². The maximum atomic E-state index is 6.21. The molecule has 0 heterocycles. The first kappa shape index (κ1) is 14.9. The van der Waals surface area contributed by atoms with E-state index in [9.17, 15) is 0 Å². The fourth-order valence-corrected chi connectivity index (χ4v) is 3.75. The summed E-state index contributed by atoms with van der Waals surface area (Å²) >= 11 is 9.83. The second kappa shape index (κ2) is 6.02. The molecule has 0 aliphatic heterocycles. The summed E-state index contributed by atoms with van der Waals surface area (Å²) < 4.78 is 1.09. The summed E-state index contributed by atoms with van der Waals surface area (Å²) in [5.41, 5.74) is 5.09. The Bertz CT molecular complexity index is 662. The predicted molar refractivity (Wildman–Crippen MR) is 94.5 cm³/mol. The Morgan fingerprint density at radius 3 is 2.52 bits per heavy atom. The van der Waals surface area contributed by atoms with Gasteiger partial charge in [-0.2, -0.15) is 0 Å². The van der Waals surface area contributed by atoms with Crippen LogP contribution in [-0.2, 0) is 0 Å². The van der Waals surface area contributed by atoms with Gasteiger partial charge in [-0.1, -0.05) is 35.9 Å². The highest BCUT2D eigenvalue weighted by Gasteiger charge is 2.31. The normalized spacial score (nSPS) is 21.0. The van der Waals surface area contributed by atoms with Gasteiger partial charge in [0.15, 0.2) is 0 Å². The molecule has 0 amide bonds. The van der Waals surface area contributed by atoms with Crippen molar-refractivity contribution in [3.05, 3.63) is 62.6 Å². The SMILES string of the molecule is Cc1cc(Br)c(NC2CC(c3ccccc3C)C2)cc1Cl. The Morgan fingerprint density at radius 1 is 1.10 bits per heavy atom. The summed E-state index contributed by atoms with van der Waals surface area (Å²) in [5, 5.41) is 4.42. The van der Waals surface area contributed by atoms with Gasteiger partial charge in [-0.3, -0.25) is 0 Å². The molecule has 0 radical (unpaired) electrons. The molecular formula is C18H19BrClN. The van der Waals surface area contributed by atoms with Gasteiger partial charge < -0.3 is 5.32 Å². The van der Waals surface area contributed by atoms with Crippen molar-refractivity contribution < 1.29 is 0 Å². The summed E-state index contributed by atoms with van der Waals surface area (Å²) in [6, 6.07) is 13.3. The van der Waals surface area contributed by atoms with Gasteiger partial charge in [-0.15, -0.1) is 0 Å². The first-order valence-corrected chi connectivity index (χ1v) is 8.49. The molecule has 1 saturated carbocycles. The molecule has 0 aromatic heterocycles. The number of hydrogen-bond donors (Lipinski definition) is 1. The third-order valence-corrected chi connectivity index (χ3v) is 5.44. The molecule has 1 N–H and O–H groups in total. The van der Waals surface area contributed by atoms with E-state index in [-0.39, 0.29) is 0 Å². The van der Waals surface area contributed by atoms with Gasteiger partial charge in [0.2, 0.25) is 0 Å². The molecule has 0 unspecified atom stereocenters. The van der Waals surface area contributed by atoms with E-state index in [1.807, 2.05) is 13.0 Å². The van der Waals surface area contributed by atoms with Gasteiger partial charge in [0.25, 0.3) is 0 Å². The van der Waals surface area contributed by atoms with Crippen molar-refractivity contribution in [2.24, 2.45) is 0 Å². The van der Waals surface area contributed by atoms with Gasteiger partial charge in [0.05, 0.1) is 5.69 Å². The van der Waals surface area contributed by atoms with Crippen molar-refractivity contribution in [3.8, 4) is 0 Å². The molecule has 1 fully saturated rings. The average Bonchev–Trinajstić information content (AvgIpc) is 2.40. The molecule has 1 aliphatic carbocycles. The molecule has 2 aromatic rings. The molecule has 1 nitrogen and oxygen atoms in total. The highest BCUT2D eigenvalue weighted by atomic mass is 79.9. The molecule has 0 spiro atoms. The quantitative estimate of drug-likeness (QED) is 0.696. The third kappa shape index (κ3) is 3.12. The number of benzene rings is 2. The van der Waals surface area contributed by atoms with Crippen molar-refractivity contribution in [1.82, 2.24) is 0 Å². The lowest BCUT2D eigenvalue weighted by Gasteiger charge is -2.38. The lowest BCUT2D eigenvalue weighted by Crippen LogP contribution is -2.34. The second-order valence-corrected chi connectivity index (χ2v) is 7.21. The van der Waals surface area contributed by atoms with Crippen LogP contribution >= 0.6 is 27.5 Å². The van der Waals surface area contributed by atoms with Gasteiger partial charge in [0, 0.05) is 15.5 Å². The highest BCUT2D eigenvalue weighted by Crippen LogP contribution is 2.41. The molecule has 0 bridgehead atoms. The van der Waals surface area contributed by atoms with E-state index in [1.54, 1.807) is 0 Å². The molecular weight excluding hydrogens is 346 g/mol. The molecule has 0 atom stereocenters. The Kier molecular flexibility index (Phi) is 4.28. The van der Waals surface area contributed by atoms with Crippen LogP contribution < -0.4 is 5.32 Å². The number of halogens is 2. The minimum absolute atomic E-state index is 0.532.